The molecule has 0 bridgehead atoms. The van der Waals surface area contributed by atoms with Crippen LogP contribution in [0.3, 0.4) is 0 Å². The molecule has 0 aromatic carbocycles. The van der Waals surface area contributed by atoms with Crippen LogP contribution in [0.1, 0.15) is 20.8 Å². The molecule has 0 radical (unpaired) electrons. The van der Waals surface area contributed by atoms with Gasteiger partial charge in [0.1, 0.15) is 5.60 Å². The fourth-order valence-electron chi connectivity index (χ4n) is 0.292. The van der Waals surface area contributed by atoms with Crippen molar-refractivity contribution in [3.05, 3.63) is 0 Å². The monoisotopic (exact) mass is 148 g/mol. The van der Waals surface area contributed by atoms with E-state index < -0.39 is 0 Å². The average Bonchev–Trinajstić information content (AvgIpc) is 1.62. The molecule has 0 aromatic heterocycles. The summed E-state index contributed by atoms with van der Waals surface area (Å²) in [5, 5.41) is -0.220. The molecule has 2 nitrogen and oxygen atoms in total. The summed E-state index contributed by atoms with van der Waals surface area (Å²) in [5.74, 6) is 0. The number of carbonyl (C=O) groups is 1. The minimum Gasteiger partial charge on any atom is -0.452 e. The number of carbonyl (C=O) groups excluding carboxylic acids is 1. The van der Waals surface area contributed by atoms with Crippen molar-refractivity contribution in [3.8, 4) is 0 Å². The molecule has 0 rings (SSSR count). The summed E-state index contributed by atoms with van der Waals surface area (Å²) in [4.78, 5) is 10.6. The molecule has 0 N–H and O–H groups in total. The van der Waals surface area contributed by atoms with Gasteiger partial charge in [-0.15, -0.1) is 0 Å². The molecule has 0 atom stereocenters. The highest BCUT2D eigenvalue weighted by atomic mass is 32.2. The van der Waals surface area contributed by atoms with Crippen molar-refractivity contribution < 1.29 is 9.53 Å². The van der Waals surface area contributed by atoms with Crippen LogP contribution in [0.15, 0.2) is 0 Å². The summed E-state index contributed by atoms with van der Waals surface area (Å²) in [5.41, 5.74) is -0.347. The Bertz CT molecular complexity index is 104. The fraction of sp³-hybridized carbons (Fsp3) is 0.833. The molecule has 54 valence electrons. The van der Waals surface area contributed by atoms with Crippen LogP contribution in [0.2, 0.25) is 0 Å². The second kappa shape index (κ2) is 3.11. The zero-order valence-electron chi connectivity index (χ0n) is 6.22. The molecule has 0 aliphatic rings. The van der Waals surface area contributed by atoms with Crippen LogP contribution in [-0.2, 0) is 4.74 Å². The van der Waals surface area contributed by atoms with Gasteiger partial charge in [0, 0.05) is 0 Å². The molecular weight excluding hydrogens is 136 g/mol. The molecule has 9 heavy (non-hydrogen) atoms. The predicted molar refractivity (Wildman–Crippen MR) is 39.7 cm³/mol. The van der Waals surface area contributed by atoms with Crippen molar-refractivity contribution in [2.45, 2.75) is 26.4 Å². The molecule has 0 aliphatic heterocycles. The maximum absolute atomic E-state index is 10.6. The summed E-state index contributed by atoms with van der Waals surface area (Å²) in [6, 6.07) is 0. The molecule has 0 fully saturated rings. The van der Waals surface area contributed by atoms with E-state index in [2.05, 4.69) is 0 Å². The van der Waals surface area contributed by atoms with Crippen LogP contribution in [0.5, 0.6) is 0 Å². The molecule has 3 heteroatoms. The van der Waals surface area contributed by atoms with Crippen molar-refractivity contribution in [1.29, 1.82) is 0 Å². The van der Waals surface area contributed by atoms with E-state index in [0.717, 1.165) is 11.8 Å². The minimum absolute atomic E-state index is 0.220. The SMILES string of the molecule is CSC(=O)OC(C)(C)C. The Hall–Kier alpha value is -0.180. The largest absolute Gasteiger partial charge is 0.452 e. The summed E-state index contributed by atoms with van der Waals surface area (Å²) >= 11 is 1.09. The molecule has 0 aliphatic carbocycles. The summed E-state index contributed by atoms with van der Waals surface area (Å²) < 4.78 is 4.91. The number of rotatable bonds is 0. The van der Waals surface area contributed by atoms with Gasteiger partial charge in [0.25, 0.3) is 0 Å². The lowest BCUT2D eigenvalue weighted by molar-refractivity contribution is 0.0738. The molecule has 0 amide bonds. The predicted octanol–water partition coefficient (Wildman–Crippen LogP) is 2.28. The number of ether oxygens (including phenoxy) is 1. The van der Waals surface area contributed by atoms with E-state index in [1.165, 1.54) is 0 Å². The van der Waals surface area contributed by atoms with Gasteiger partial charge in [-0.1, -0.05) is 0 Å². The first kappa shape index (κ1) is 8.82. The quantitative estimate of drug-likeness (QED) is 0.493. The van der Waals surface area contributed by atoms with Crippen molar-refractivity contribution in [3.63, 3.8) is 0 Å². The van der Waals surface area contributed by atoms with Crippen LogP contribution in [0.25, 0.3) is 0 Å². The standard InChI is InChI=1S/C6H12O2S/c1-6(2,3)8-5(7)9-4/h1-4H3. The van der Waals surface area contributed by atoms with E-state index in [0.29, 0.717) is 0 Å². The molecule has 0 saturated heterocycles. The zero-order chi connectivity index (χ0) is 7.49. The first-order chi connectivity index (χ1) is 3.95. The summed E-state index contributed by atoms with van der Waals surface area (Å²) in [7, 11) is 0. The third-order valence-electron chi connectivity index (χ3n) is 0.556. The Morgan fingerprint density at radius 3 is 2.00 bits per heavy atom. The Morgan fingerprint density at radius 1 is 1.44 bits per heavy atom. The van der Waals surface area contributed by atoms with Gasteiger partial charge >= 0.3 is 5.30 Å². The van der Waals surface area contributed by atoms with Gasteiger partial charge < -0.3 is 4.74 Å². The molecular formula is C6H12O2S. The summed E-state index contributed by atoms with van der Waals surface area (Å²) in [6.07, 6.45) is 1.70. The van der Waals surface area contributed by atoms with E-state index in [1.54, 1.807) is 6.26 Å². The van der Waals surface area contributed by atoms with Crippen LogP contribution < -0.4 is 0 Å². The van der Waals surface area contributed by atoms with E-state index in [1.807, 2.05) is 20.8 Å². The van der Waals surface area contributed by atoms with Crippen LogP contribution >= 0.6 is 11.8 Å². The van der Waals surface area contributed by atoms with Gasteiger partial charge in [-0.2, -0.15) is 0 Å². The molecule has 0 heterocycles. The Labute approximate surface area is 60.0 Å². The van der Waals surface area contributed by atoms with Gasteiger partial charge in [-0.05, 0) is 38.8 Å². The minimum atomic E-state index is -0.347. The van der Waals surface area contributed by atoms with Gasteiger partial charge in [-0.3, -0.25) is 0 Å². The van der Waals surface area contributed by atoms with Gasteiger partial charge in [0.2, 0.25) is 0 Å². The first-order valence-electron chi connectivity index (χ1n) is 2.72. The van der Waals surface area contributed by atoms with Crippen molar-refractivity contribution in [2.75, 3.05) is 6.26 Å². The number of hydrogen-bond donors (Lipinski definition) is 0. The van der Waals surface area contributed by atoms with Crippen LogP contribution in [0, 0.1) is 0 Å². The lowest BCUT2D eigenvalue weighted by atomic mass is 10.2. The fourth-order valence-corrected chi connectivity index (χ4v) is 0.625. The zero-order valence-corrected chi connectivity index (χ0v) is 7.04. The smallest absolute Gasteiger partial charge is 0.367 e. The van der Waals surface area contributed by atoms with E-state index in [-0.39, 0.29) is 10.9 Å². The highest BCUT2D eigenvalue weighted by Gasteiger charge is 2.14. The molecule has 0 spiro atoms. The van der Waals surface area contributed by atoms with E-state index >= 15 is 0 Å². The lowest BCUT2D eigenvalue weighted by Gasteiger charge is -2.17. The van der Waals surface area contributed by atoms with E-state index in [9.17, 15) is 4.79 Å². The third kappa shape index (κ3) is 5.69. The number of hydrogen-bond acceptors (Lipinski definition) is 3. The first-order valence-corrected chi connectivity index (χ1v) is 3.95. The Kier molecular flexibility index (Phi) is 3.04. The Balaban J connectivity index is 3.60. The molecule has 0 saturated carbocycles. The third-order valence-corrected chi connectivity index (χ3v) is 0.973. The Morgan fingerprint density at radius 2 is 1.89 bits per heavy atom. The summed E-state index contributed by atoms with van der Waals surface area (Å²) in [6.45, 7) is 5.54. The lowest BCUT2D eigenvalue weighted by Crippen LogP contribution is -2.21. The van der Waals surface area contributed by atoms with Gasteiger partial charge in [0.15, 0.2) is 0 Å². The molecule has 0 unspecified atom stereocenters. The van der Waals surface area contributed by atoms with Crippen molar-refractivity contribution in [1.82, 2.24) is 0 Å². The normalized spacial score (nSPS) is 11.1. The highest BCUT2D eigenvalue weighted by Crippen LogP contribution is 2.11. The maximum Gasteiger partial charge on any atom is 0.367 e. The highest BCUT2D eigenvalue weighted by molar-refractivity contribution is 8.12. The van der Waals surface area contributed by atoms with Crippen LogP contribution in [-0.4, -0.2) is 17.2 Å². The van der Waals surface area contributed by atoms with Crippen molar-refractivity contribution >= 4 is 17.1 Å². The van der Waals surface area contributed by atoms with Gasteiger partial charge in [-0.25, -0.2) is 4.79 Å². The molecule has 0 aromatic rings. The second-order valence-corrected chi connectivity index (χ2v) is 3.41. The number of thioether (sulfide) groups is 1. The topological polar surface area (TPSA) is 26.3 Å². The maximum atomic E-state index is 10.6. The van der Waals surface area contributed by atoms with Crippen LogP contribution in [0.4, 0.5) is 4.79 Å². The second-order valence-electron chi connectivity index (χ2n) is 2.67. The van der Waals surface area contributed by atoms with Crippen molar-refractivity contribution in [2.24, 2.45) is 0 Å². The van der Waals surface area contributed by atoms with Gasteiger partial charge in [0.05, 0.1) is 0 Å². The average molecular weight is 148 g/mol. The van der Waals surface area contributed by atoms with E-state index in [4.69, 9.17) is 4.74 Å².